The first-order valence-electron chi connectivity index (χ1n) is 8.80. The second kappa shape index (κ2) is 9.87. The Hall–Kier alpha value is -2.67. The lowest BCUT2D eigenvalue weighted by atomic mass is 9.98. The standard InChI is InChI=1S/C20H25N3O3S/c1-13(2)15-6-8-16(9-7-15)20(17-5-4-10-27-17)23-19(26)12-22-18(25)11-21-14(3)24/h4-10,13,20H,11-12H2,1-3H3,(H,21,24)(H,22,25)(H,23,26). The van der Waals surface area contributed by atoms with Crippen molar-refractivity contribution in [2.45, 2.75) is 32.7 Å². The molecule has 0 radical (unpaired) electrons. The zero-order valence-corrected chi connectivity index (χ0v) is 16.6. The highest BCUT2D eigenvalue weighted by Crippen LogP contribution is 2.27. The number of hydrogen-bond donors (Lipinski definition) is 3. The zero-order chi connectivity index (χ0) is 19.8. The second-order valence-corrected chi connectivity index (χ2v) is 7.50. The van der Waals surface area contributed by atoms with E-state index in [1.54, 1.807) is 11.3 Å². The molecule has 3 N–H and O–H groups in total. The van der Waals surface area contributed by atoms with Crippen LogP contribution in [0.4, 0.5) is 0 Å². The second-order valence-electron chi connectivity index (χ2n) is 6.52. The molecule has 1 atom stereocenters. The molecule has 1 aromatic carbocycles. The summed E-state index contributed by atoms with van der Waals surface area (Å²) in [5, 5.41) is 9.83. The van der Waals surface area contributed by atoms with Crippen LogP contribution in [0.5, 0.6) is 0 Å². The lowest BCUT2D eigenvalue weighted by Gasteiger charge is -2.19. The van der Waals surface area contributed by atoms with Crippen LogP contribution < -0.4 is 16.0 Å². The topological polar surface area (TPSA) is 87.3 Å². The average molecular weight is 388 g/mol. The fraction of sp³-hybridized carbons (Fsp3) is 0.350. The van der Waals surface area contributed by atoms with Crippen molar-refractivity contribution in [3.05, 3.63) is 57.8 Å². The molecule has 0 bridgehead atoms. The van der Waals surface area contributed by atoms with Crippen LogP contribution in [0.3, 0.4) is 0 Å². The summed E-state index contributed by atoms with van der Waals surface area (Å²) in [4.78, 5) is 35.8. The van der Waals surface area contributed by atoms with Gasteiger partial charge in [0.2, 0.25) is 17.7 Å². The van der Waals surface area contributed by atoms with Crippen molar-refractivity contribution in [1.82, 2.24) is 16.0 Å². The van der Waals surface area contributed by atoms with Crippen LogP contribution in [0.25, 0.3) is 0 Å². The van der Waals surface area contributed by atoms with Gasteiger partial charge in [-0.25, -0.2) is 0 Å². The number of nitrogens with one attached hydrogen (secondary N) is 3. The molecule has 27 heavy (non-hydrogen) atoms. The Morgan fingerprint density at radius 1 is 0.926 bits per heavy atom. The van der Waals surface area contributed by atoms with Crippen molar-refractivity contribution < 1.29 is 14.4 Å². The number of carbonyl (C=O) groups excluding carboxylic acids is 3. The summed E-state index contributed by atoms with van der Waals surface area (Å²) < 4.78 is 0. The van der Waals surface area contributed by atoms with Gasteiger partial charge >= 0.3 is 0 Å². The molecule has 0 aliphatic heterocycles. The van der Waals surface area contributed by atoms with Gasteiger partial charge in [0.05, 0.1) is 19.1 Å². The van der Waals surface area contributed by atoms with Crippen molar-refractivity contribution in [2.24, 2.45) is 0 Å². The molecule has 0 aliphatic carbocycles. The number of benzene rings is 1. The Bertz CT molecular complexity index is 770. The molecule has 1 unspecified atom stereocenters. The van der Waals surface area contributed by atoms with Gasteiger partial charge in [0.15, 0.2) is 0 Å². The first-order chi connectivity index (χ1) is 12.9. The van der Waals surface area contributed by atoms with Crippen molar-refractivity contribution >= 4 is 29.1 Å². The average Bonchev–Trinajstić information content (AvgIpc) is 3.17. The van der Waals surface area contributed by atoms with E-state index in [1.807, 2.05) is 29.6 Å². The fourth-order valence-corrected chi connectivity index (χ4v) is 3.31. The molecule has 144 valence electrons. The van der Waals surface area contributed by atoms with Gasteiger partial charge in [-0.15, -0.1) is 11.3 Å². The van der Waals surface area contributed by atoms with Crippen molar-refractivity contribution in [1.29, 1.82) is 0 Å². The monoisotopic (exact) mass is 387 g/mol. The summed E-state index contributed by atoms with van der Waals surface area (Å²) in [6, 6.07) is 11.8. The van der Waals surface area contributed by atoms with Crippen LogP contribution in [-0.2, 0) is 14.4 Å². The molecule has 2 aromatic rings. The van der Waals surface area contributed by atoms with Gasteiger partial charge in [0.25, 0.3) is 0 Å². The molecular formula is C20H25N3O3S. The third-order valence-corrected chi connectivity index (χ3v) is 4.95. The first kappa shape index (κ1) is 20.6. The predicted octanol–water partition coefficient (Wildman–Crippen LogP) is 2.33. The van der Waals surface area contributed by atoms with E-state index in [-0.39, 0.29) is 30.9 Å². The summed E-state index contributed by atoms with van der Waals surface area (Å²) in [7, 11) is 0. The normalized spacial score (nSPS) is 11.7. The quantitative estimate of drug-likeness (QED) is 0.650. The van der Waals surface area contributed by atoms with Crippen molar-refractivity contribution in [2.75, 3.05) is 13.1 Å². The third-order valence-electron chi connectivity index (χ3n) is 4.01. The Labute approximate surface area is 163 Å². The van der Waals surface area contributed by atoms with Gasteiger partial charge in [-0.2, -0.15) is 0 Å². The van der Waals surface area contributed by atoms with E-state index in [2.05, 4.69) is 41.9 Å². The molecule has 2 rings (SSSR count). The van der Waals surface area contributed by atoms with E-state index in [0.717, 1.165) is 10.4 Å². The summed E-state index contributed by atoms with van der Waals surface area (Å²) in [5.74, 6) is -0.559. The Balaban J connectivity index is 2.02. The third kappa shape index (κ3) is 6.53. The maximum absolute atomic E-state index is 12.3. The van der Waals surface area contributed by atoms with Gasteiger partial charge < -0.3 is 16.0 Å². The van der Waals surface area contributed by atoms with Crippen LogP contribution >= 0.6 is 11.3 Å². The Kier molecular flexibility index (Phi) is 7.55. The molecule has 0 saturated carbocycles. The lowest BCUT2D eigenvalue weighted by molar-refractivity contribution is -0.127. The van der Waals surface area contributed by atoms with E-state index >= 15 is 0 Å². The van der Waals surface area contributed by atoms with Crippen LogP contribution in [-0.4, -0.2) is 30.8 Å². The fourth-order valence-electron chi connectivity index (χ4n) is 2.51. The highest BCUT2D eigenvalue weighted by atomic mass is 32.1. The highest BCUT2D eigenvalue weighted by molar-refractivity contribution is 7.10. The van der Waals surface area contributed by atoms with E-state index < -0.39 is 5.91 Å². The molecule has 0 spiro atoms. The van der Waals surface area contributed by atoms with E-state index in [9.17, 15) is 14.4 Å². The smallest absolute Gasteiger partial charge is 0.240 e. The Morgan fingerprint density at radius 3 is 2.11 bits per heavy atom. The van der Waals surface area contributed by atoms with E-state index in [1.165, 1.54) is 12.5 Å². The first-order valence-corrected chi connectivity index (χ1v) is 9.68. The van der Waals surface area contributed by atoms with Gasteiger partial charge in [-0.05, 0) is 28.5 Å². The predicted molar refractivity (Wildman–Crippen MR) is 107 cm³/mol. The van der Waals surface area contributed by atoms with Gasteiger partial charge in [-0.3, -0.25) is 14.4 Å². The van der Waals surface area contributed by atoms with Crippen LogP contribution in [0.1, 0.15) is 48.7 Å². The maximum Gasteiger partial charge on any atom is 0.240 e. The summed E-state index contributed by atoms with van der Waals surface area (Å²) in [6.45, 7) is 5.31. The minimum absolute atomic E-state index is 0.145. The molecule has 0 fully saturated rings. The molecule has 0 saturated heterocycles. The van der Waals surface area contributed by atoms with E-state index in [4.69, 9.17) is 0 Å². The highest BCUT2D eigenvalue weighted by Gasteiger charge is 2.18. The largest absolute Gasteiger partial charge is 0.347 e. The number of thiophene rings is 1. The number of rotatable bonds is 8. The molecule has 6 nitrogen and oxygen atoms in total. The minimum Gasteiger partial charge on any atom is -0.347 e. The van der Waals surface area contributed by atoms with E-state index in [0.29, 0.717) is 5.92 Å². The van der Waals surface area contributed by atoms with Gasteiger partial charge in [0, 0.05) is 11.8 Å². The Morgan fingerprint density at radius 2 is 1.56 bits per heavy atom. The summed E-state index contributed by atoms with van der Waals surface area (Å²) in [6.07, 6.45) is 0. The number of hydrogen-bond acceptors (Lipinski definition) is 4. The van der Waals surface area contributed by atoms with Crippen LogP contribution in [0.2, 0.25) is 0 Å². The summed E-state index contributed by atoms with van der Waals surface area (Å²) in [5.41, 5.74) is 2.22. The van der Waals surface area contributed by atoms with Crippen molar-refractivity contribution in [3.63, 3.8) is 0 Å². The van der Waals surface area contributed by atoms with Crippen LogP contribution in [0.15, 0.2) is 41.8 Å². The zero-order valence-electron chi connectivity index (χ0n) is 15.7. The van der Waals surface area contributed by atoms with Gasteiger partial charge in [0.1, 0.15) is 0 Å². The molecule has 7 heteroatoms. The molecule has 1 aromatic heterocycles. The molecule has 3 amide bonds. The lowest BCUT2D eigenvalue weighted by Crippen LogP contribution is -2.42. The molecule has 0 aliphatic rings. The summed E-state index contributed by atoms with van der Waals surface area (Å²) >= 11 is 1.56. The van der Waals surface area contributed by atoms with Gasteiger partial charge in [-0.1, -0.05) is 44.2 Å². The maximum atomic E-state index is 12.3. The SMILES string of the molecule is CC(=O)NCC(=O)NCC(=O)NC(c1ccc(C(C)C)cc1)c1cccs1. The van der Waals surface area contributed by atoms with Crippen LogP contribution in [0, 0.1) is 0 Å². The molecule has 1 heterocycles. The number of carbonyl (C=O) groups is 3. The van der Waals surface area contributed by atoms with Crippen molar-refractivity contribution in [3.8, 4) is 0 Å². The molecular weight excluding hydrogens is 362 g/mol. The minimum atomic E-state index is -0.408. The number of amides is 3.